The molecule has 0 heterocycles. The van der Waals surface area contributed by atoms with Crippen molar-refractivity contribution in [3.05, 3.63) is 23.8 Å². The molecule has 3 unspecified atom stereocenters. The summed E-state index contributed by atoms with van der Waals surface area (Å²) in [6.07, 6.45) is 5.23. The topological polar surface area (TPSA) is 30.5 Å². The molecule has 1 aliphatic rings. The summed E-state index contributed by atoms with van der Waals surface area (Å²) < 4.78 is 10.7. The summed E-state index contributed by atoms with van der Waals surface area (Å²) in [5.41, 5.74) is 1.28. The van der Waals surface area contributed by atoms with E-state index < -0.39 is 0 Å². The minimum absolute atomic E-state index is 0.387. The van der Waals surface area contributed by atoms with E-state index in [0.29, 0.717) is 6.04 Å². The van der Waals surface area contributed by atoms with Gasteiger partial charge >= 0.3 is 0 Å². The molecule has 2 rings (SSSR count). The van der Waals surface area contributed by atoms with Crippen LogP contribution in [0.2, 0.25) is 0 Å². The van der Waals surface area contributed by atoms with Crippen LogP contribution in [0.1, 0.15) is 51.1 Å². The van der Waals surface area contributed by atoms with Crippen LogP contribution in [0.15, 0.2) is 18.2 Å². The summed E-state index contributed by atoms with van der Waals surface area (Å²) in [6, 6.07) is 6.62. The van der Waals surface area contributed by atoms with Gasteiger partial charge in [-0.05, 0) is 48.9 Å². The minimum Gasteiger partial charge on any atom is -0.493 e. The molecule has 3 nitrogen and oxygen atoms in total. The Morgan fingerprint density at radius 1 is 1.19 bits per heavy atom. The van der Waals surface area contributed by atoms with Crippen molar-refractivity contribution in [1.82, 2.24) is 5.32 Å². The lowest BCUT2D eigenvalue weighted by Gasteiger charge is -2.23. The summed E-state index contributed by atoms with van der Waals surface area (Å²) >= 11 is 0. The Morgan fingerprint density at radius 2 is 1.95 bits per heavy atom. The lowest BCUT2D eigenvalue weighted by Crippen LogP contribution is -2.28. The first-order valence-electron chi connectivity index (χ1n) is 8.14. The molecule has 1 fully saturated rings. The van der Waals surface area contributed by atoms with E-state index in [1.54, 1.807) is 14.2 Å². The van der Waals surface area contributed by atoms with Gasteiger partial charge in [-0.1, -0.05) is 32.8 Å². The molecule has 1 aromatic carbocycles. The highest BCUT2D eigenvalue weighted by Crippen LogP contribution is 2.33. The molecule has 118 valence electrons. The molecular weight excluding hydrogens is 262 g/mol. The first kappa shape index (κ1) is 16.2. The lowest BCUT2D eigenvalue weighted by molar-refractivity contribution is 0.350. The van der Waals surface area contributed by atoms with E-state index in [1.165, 1.54) is 24.8 Å². The number of hydrogen-bond donors (Lipinski definition) is 1. The second-order valence-corrected chi connectivity index (χ2v) is 6.15. The highest BCUT2D eigenvalue weighted by molar-refractivity contribution is 5.43. The summed E-state index contributed by atoms with van der Waals surface area (Å²) in [5.74, 6) is 3.30. The first-order valence-corrected chi connectivity index (χ1v) is 8.14. The molecule has 21 heavy (non-hydrogen) atoms. The molecule has 0 amide bonds. The van der Waals surface area contributed by atoms with E-state index in [0.717, 1.165) is 36.3 Å². The van der Waals surface area contributed by atoms with E-state index in [1.807, 2.05) is 6.07 Å². The molecule has 1 aliphatic carbocycles. The quantitative estimate of drug-likeness (QED) is 0.817. The summed E-state index contributed by atoms with van der Waals surface area (Å²) in [6.45, 7) is 5.73. The van der Waals surface area contributed by atoms with Crippen molar-refractivity contribution >= 4 is 0 Å². The van der Waals surface area contributed by atoms with Gasteiger partial charge in [0.15, 0.2) is 11.5 Å². The molecule has 3 atom stereocenters. The van der Waals surface area contributed by atoms with Crippen molar-refractivity contribution in [2.45, 2.75) is 45.6 Å². The smallest absolute Gasteiger partial charge is 0.161 e. The maximum atomic E-state index is 5.41. The fourth-order valence-corrected chi connectivity index (χ4v) is 3.39. The van der Waals surface area contributed by atoms with E-state index >= 15 is 0 Å². The Bertz CT molecular complexity index is 447. The number of nitrogens with one attached hydrogen (secondary N) is 1. The standard InChI is InChI=1S/C18H29NO2/c1-5-16(19-12-15-8-6-7-13(15)2)14-9-10-17(20-3)18(11-14)21-4/h9-11,13,15-16,19H,5-8,12H2,1-4H3. The van der Waals surface area contributed by atoms with Gasteiger partial charge in [0.2, 0.25) is 0 Å². The Hall–Kier alpha value is -1.22. The third kappa shape index (κ3) is 3.91. The second-order valence-electron chi connectivity index (χ2n) is 6.15. The number of rotatable bonds is 7. The van der Waals surface area contributed by atoms with Gasteiger partial charge < -0.3 is 14.8 Å². The molecule has 0 aromatic heterocycles. The number of hydrogen-bond acceptors (Lipinski definition) is 3. The molecule has 0 aliphatic heterocycles. The summed E-state index contributed by atoms with van der Waals surface area (Å²) in [5, 5.41) is 3.75. The van der Waals surface area contributed by atoms with Gasteiger partial charge in [-0.2, -0.15) is 0 Å². The fourth-order valence-electron chi connectivity index (χ4n) is 3.39. The molecule has 0 bridgehead atoms. The van der Waals surface area contributed by atoms with E-state index in [4.69, 9.17) is 9.47 Å². The van der Waals surface area contributed by atoms with Gasteiger partial charge in [-0.3, -0.25) is 0 Å². The largest absolute Gasteiger partial charge is 0.493 e. The zero-order valence-corrected chi connectivity index (χ0v) is 13.8. The Kier molecular flexibility index (Phi) is 5.92. The maximum absolute atomic E-state index is 5.41. The van der Waals surface area contributed by atoms with E-state index in [2.05, 4.69) is 31.3 Å². The number of benzene rings is 1. The van der Waals surface area contributed by atoms with Crippen molar-refractivity contribution in [3.63, 3.8) is 0 Å². The van der Waals surface area contributed by atoms with Crippen LogP contribution in [-0.4, -0.2) is 20.8 Å². The van der Waals surface area contributed by atoms with Crippen LogP contribution in [0.4, 0.5) is 0 Å². The highest BCUT2D eigenvalue weighted by atomic mass is 16.5. The molecule has 0 spiro atoms. The van der Waals surface area contributed by atoms with Crippen molar-refractivity contribution in [2.75, 3.05) is 20.8 Å². The highest BCUT2D eigenvalue weighted by Gasteiger charge is 2.24. The zero-order chi connectivity index (χ0) is 15.2. The molecule has 0 saturated heterocycles. The van der Waals surface area contributed by atoms with Gasteiger partial charge in [-0.15, -0.1) is 0 Å². The average Bonchev–Trinajstić information content (AvgIpc) is 2.93. The lowest BCUT2D eigenvalue weighted by atomic mass is 9.96. The third-order valence-corrected chi connectivity index (χ3v) is 4.88. The fraction of sp³-hybridized carbons (Fsp3) is 0.667. The van der Waals surface area contributed by atoms with Crippen LogP contribution in [0, 0.1) is 11.8 Å². The van der Waals surface area contributed by atoms with Gasteiger partial charge in [0.1, 0.15) is 0 Å². The Morgan fingerprint density at radius 3 is 2.52 bits per heavy atom. The van der Waals surface area contributed by atoms with Crippen LogP contribution >= 0.6 is 0 Å². The number of methoxy groups -OCH3 is 2. The normalized spacial score (nSPS) is 23.0. The first-order chi connectivity index (χ1) is 10.2. The molecule has 1 N–H and O–H groups in total. The third-order valence-electron chi connectivity index (χ3n) is 4.88. The SMILES string of the molecule is CCC(NCC1CCCC1C)c1ccc(OC)c(OC)c1. The molecule has 1 aromatic rings. The van der Waals surface area contributed by atoms with Crippen LogP contribution in [-0.2, 0) is 0 Å². The molecule has 0 radical (unpaired) electrons. The predicted octanol–water partition coefficient (Wildman–Crippen LogP) is 4.18. The van der Waals surface area contributed by atoms with E-state index in [-0.39, 0.29) is 0 Å². The van der Waals surface area contributed by atoms with Crippen molar-refractivity contribution in [3.8, 4) is 11.5 Å². The maximum Gasteiger partial charge on any atom is 0.161 e. The summed E-state index contributed by atoms with van der Waals surface area (Å²) in [4.78, 5) is 0. The monoisotopic (exact) mass is 291 g/mol. The van der Waals surface area contributed by atoms with Crippen LogP contribution < -0.4 is 14.8 Å². The van der Waals surface area contributed by atoms with Gasteiger partial charge in [0, 0.05) is 6.04 Å². The second kappa shape index (κ2) is 7.69. The molecular formula is C18H29NO2. The van der Waals surface area contributed by atoms with Crippen LogP contribution in [0.3, 0.4) is 0 Å². The van der Waals surface area contributed by atoms with Gasteiger partial charge in [-0.25, -0.2) is 0 Å². The number of ether oxygens (including phenoxy) is 2. The van der Waals surface area contributed by atoms with Crippen LogP contribution in [0.5, 0.6) is 11.5 Å². The van der Waals surface area contributed by atoms with Crippen LogP contribution in [0.25, 0.3) is 0 Å². The summed E-state index contributed by atoms with van der Waals surface area (Å²) in [7, 11) is 3.37. The van der Waals surface area contributed by atoms with Gasteiger partial charge in [0.25, 0.3) is 0 Å². The molecule has 1 saturated carbocycles. The van der Waals surface area contributed by atoms with Crippen molar-refractivity contribution < 1.29 is 9.47 Å². The van der Waals surface area contributed by atoms with Crippen molar-refractivity contribution in [2.24, 2.45) is 11.8 Å². The molecule has 3 heteroatoms. The Labute approximate surface area is 129 Å². The van der Waals surface area contributed by atoms with Gasteiger partial charge in [0.05, 0.1) is 14.2 Å². The zero-order valence-electron chi connectivity index (χ0n) is 13.8. The minimum atomic E-state index is 0.387. The predicted molar refractivity (Wildman–Crippen MR) is 87.1 cm³/mol. The van der Waals surface area contributed by atoms with Crippen molar-refractivity contribution in [1.29, 1.82) is 0 Å². The van der Waals surface area contributed by atoms with E-state index in [9.17, 15) is 0 Å². The average molecular weight is 291 g/mol. The Balaban J connectivity index is 2.03.